The highest BCUT2D eigenvalue weighted by Gasteiger charge is 2.35. The number of ether oxygens (including phenoxy) is 1. The number of aromatic nitrogens is 2. The molecule has 3 aromatic rings. The Morgan fingerprint density at radius 2 is 1.93 bits per heavy atom. The van der Waals surface area contributed by atoms with Crippen molar-refractivity contribution < 1.29 is 23.9 Å². The second-order valence-electron chi connectivity index (χ2n) is 10.8. The lowest BCUT2D eigenvalue weighted by Crippen LogP contribution is -2.53. The second-order valence-corrected chi connectivity index (χ2v) is 12.0. The first-order valence-electron chi connectivity index (χ1n) is 14.0. The zero-order chi connectivity index (χ0) is 28.9. The van der Waals surface area contributed by atoms with E-state index in [9.17, 15) is 19.2 Å². The van der Waals surface area contributed by atoms with Crippen LogP contribution in [0, 0.1) is 11.8 Å². The molecule has 2 aliphatic rings. The number of fused-ring (bicyclic) bond motifs is 1. The fourth-order valence-corrected chi connectivity index (χ4v) is 6.77. The van der Waals surface area contributed by atoms with E-state index in [-0.39, 0.29) is 28.4 Å². The number of carbonyl (C=O) groups excluding carboxylic acids is 4. The summed E-state index contributed by atoms with van der Waals surface area (Å²) in [6.45, 7) is 0.525. The van der Waals surface area contributed by atoms with Crippen LogP contribution in [0.4, 0.5) is 0 Å². The van der Waals surface area contributed by atoms with Gasteiger partial charge in [0.2, 0.25) is 17.6 Å². The summed E-state index contributed by atoms with van der Waals surface area (Å²) in [5.41, 5.74) is 1.05. The minimum Gasteiger partial charge on any atom is -0.496 e. The molecule has 5 rings (SSSR count). The molecular formula is C29H34ClN5O5S. The van der Waals surface area contributed by atoms with Gasteiger partial charge in [0.1, 0.15) is 22.6 Å². The van der Waals surface area contributed by atoms with Crippen LogP contribution in [0.2, 0.25) is 5.15 Å². The monoisotopic (exact) mass is 599 g/mol. The number of H-pyrrole nitrogens is 1. The number of nitrogens with one attached hydrogen (secondary N) is 4. The van der Waals surface area contributed by atoms with Crippen molar-refractivity contribution in [1.29, 1.82) is 0 Å². The Labute approximate surface area is 247 Å². The zero-order valence-electron chi connectivity index (χ0n) is 22.8. The lowest BCUT2D eigenvalue weighted by Gasteiger charge is -2.28. The van der Waals surface area contributed by atoms with Gasteiger partial charge in [0.05, 0.1) is 13.2 Å². The SMILES string of the molecule is COc1cccc2[nH]c(C(=O)N[C@H](CC3CCCCC3)C(=O)N[C@H](C[C@H]3CCNC3=O)C(=O)c3nc(Cl)cs3)cc12. The van der Waals surface area contributed by atoms with Crippen molar-refractivity contribution >= 4 is 57.3 Å². The highest BCUT2D eigenvalue weighted by molar-refractivity contribution is 7.12. The Bertz CT molecular complexity index is 1430. The number of nitrogens with zero attached hydrogens (tertiary/aromatic N) is 1. The summed E-state index contributed by atoms with van der Waals surface area (Å²) in [5.74, 6) is -0.937. The van der Waals surface area contributed by atoms with E-state index < -0.39 is 35.6 Å². The van der Waals surface area contributed by atoms with Crippen molar-refractivity contribution in [2.75, 3.05) is 13.7 Å². The van der Waals surface area contributed by atoms with E-state index in [1.54, 1.807) is 18.6 Å². The molecule has 12 heteroatoms. The number of aromatic amines is 1. The van der Waals surface area contributed by atoms with E-state index in [1.165, 1.54) is 0 Å². The number of hydrogen-bond acceptors (Lipinski definition) is 7. The summed E-state index contributed by atoms with van der Waals surface area (Å²) < 4.78 is 5.42. The van der Waals surface area contributed by atoms with Crippen molar-refractivity contribution in [3.8, 4) is 5.75 Å². The van der Waals surface area contributed by atoms with Gasteiger partial charge in [-0.2, -0.15) is 0 Å². The highest BCUT2D eigenvalue weighted by Crippen LogP contribution is 2.29. The van der Waals surface area contributed by atoms with Crippen molar-refractivity contribution in [3.05, 3.63) is 45.5 Å². The minimum absolute atomic E-state index is 0.138. The quantitative estimate of drug-likeness (QED) is 0.243. The van der Waals surface area contributed by atoms with Crippen LogP contribution in [0.1, 0.15) is 71.7 Å². The molecule has 2 aromatic heterocycles. The number of amides is 3. The van der Waals surface area contributed by atoms with Crippen molar-refractivity contribution in [2.45, 2.75) is 63.5 Å². The summed E-state index contributed by atoms with van der Waals surface area (Å²) >= 11 is 7.06. The third-order valence-corrected chi connectivity index (χ3v) is 9.19. The van der Waals surface area contributed by atoms with E-state index in [1.807, 2.05) is 18.2 Å². The number of rotatable bonds is 11. The molecule has 2 fully saturated rings. The first kappa shape index (κ1) is 29.1. The van der Waals surface area contributed by atoms with Crippen LogP contribution in [0.5, 0.6) is 5.75 Å². The Balaban J connectivity index is 1.37. The topological polar surface area (TPSA) is 142 Å². The van der Waals surface area contributed by atoms with Gasteiger partial charge >= 0.3 is 0 Å². The molecule has 1 saturated heterocycles. The van der Waals surface area contributed by atoms with Gasteiger partial charge in [-0.05, 0) is 43.4 Å². The molecule has 0 bridgehead atoms. The van der Waals surface area contributed by atoms with Gasteiger partial charge < -0.3 is 25.7 Å². The van der Waals surface area contributed by atoms with Crippen LogP contribution < -0.4 is 20.7 Å². The molecule has 1 saturated carbocycles. The van der Waals surface area contributed by atoms with Gasteiger partial charge in [-0.3, -0.25) is 19.2 Å². The minimum atomic E-state index is -0.985. The second kappa shape index (κ2) is 13.0. The Morgan fingerprint density at radius 1 is 1.12 bits per heavy atom. The average Bonchev–Trinajstić information content (AvgIpc) is 3.72. The molecule has 10 nitrogen and oxygen atoms in total. The van der Waals surface area contributed by atoms with Crippen molar-refractivity contribution in [3.63, 3.8) is 0 Å². The van der Waals surface area contributed by atoms with Crippen molar-refractivity contribution in [1.82, 2.24) is 25.9 Å². The van der Waals surface area contributed by atoms with Crippen LogP contribution in [-0.2, 0) is 9.59 Å². The third kappa shape index (κ3) is 6.90. The van der Waals surface area contributed by atoms with Gasteiger partial charge in [0.15, 0.2) is 5.01 Å². The summed E-state index contributed by atoms with van der Waals surface area (Å²) in [6.07, 6.45) is 6.44. The molecule has 218 valence electrons. The number of Topliss-reactive ketones (excluding diaryl/α,β-unsaturated/α-hetero) is 1. The van der Waals surface area contributed by atoms with E-state index in [4.69, 9.17) is 16.3 Å². The smallest absolute Gasteiger partial charge is 0.268 e. The largest absolute Gasteiger partial charge is 0.496 e. The number of hydrogen-bond donors (Lipinski definition) is 4. The molecule has 41 heavy (non-hydrogen) atoms. The average molecular weight is 600 g/mol. The molecule has 4 N–H and O–H groups in total. The number of methoxy groups -OCH3 is 1. The maximum absolute atomic E-state index is 13.8. The van der Waals surface area contributed by atoms with Crippen LogP contribution >= 0.6 is 22.9 Å². The normalized spacial score (nSPS) is 19.0. The number of thiazole rings is 1. The number of ketones is 1. The molecule has 3 atom stereocenters. The van der Waals surface area contributed by atoms with Gasteiger partial charge in [0, 0.05) is 28.7 Å². The van der Waals surface area contributed by atoms with Crippen LogP contribution in [0.3, 0.4) is 0 Å². The van der Waals surface area contributed by atoms with E-state index in [0.717, 1.165) is 54.3 Å². The van der Waals surface area contributed by atoms with E-state index in [2.05, 4.69) is 25.9 Å². The summed E-state index contributed by atoms with van der Waals surface area (Å²) in [4.78, 5) is 60.2. The number of halogens is 1. The fraction of sp³-hybridized carbons (Fsp3) is 0.483. The van der Waals surface area contributed by atoms with Gasteiger partial charge in [0.25, 0.3) is 5.91 Å². The van der Waals surface area contributed by atoms with E-state index >= 15 is 0 Å². The van der Waals surface area contributed by atoms with Crippen LogP contribution in [0.15, 0.2) is 29.6 Å². The predicted octanol–water partition coefficient (Wildman–Crippen LogP) is 4.25. The predicted molar refractivity (Wildman–Crippen MR) is 156 cm³/mol. The van der Waals surface area contributed by atoms with Crippen LogP contribution in [0.25, 0.3) is 10.9 Å². The number of carbonyl (C=O) groups is 4. The van der Waals surface area contributed by atoms with E-state index in [0.29, 0.717) is 30.8 Å². The Morgan fingerprint density at radius 3 is 2.61 bits per heavy atom. The van der Waals surface area contributed by atoms with Crippen molar-refractivity contribution in [2.24, 2.45) is 11.8 Å². The Kier molecular flexibility index (Phi) is 9.24. The van der Waals surface area contributed by atoms with Gasteiger partial charge in [-0.1, -0.05) is 49.8 Å². The molecule has 3 heterocycles. The van der Waals surface area contributed by atoms with Gasteiger partial charge in [-0.25, -0.2) is 4.98 Å². The molecule has 0 unspecified atom stereocenters. The molecular weight excluding hydrogens is 566 g/mol. The standard InChI is InChI=1S/C29H34ClN5O5S/c1-40-23-9-5-8-19-18(23)14-22(32-19)28(39)34-21(12-16-6-3-2-4-7-16)27(38)33-20(13-17-10-11-31-26(17)37)25(36)29-35-24(30)15-41-29/h5,8-9,14-17,20-21,32H,2-4,6-7,10-13H2,1H3,(H,31,37)(H,33,38)(H,34,39)/t17-,20-,21-/m1/s1. The fourth-order valence-electron chi connectivity index (χ4n) is 5.83. The number of benzene rings is 1. The molecule has 0 radical (unpaired) electrons. The highest BCUT2D eigenvalue weighted by atomic mass is 35.5. The summed E-state index contributed by atoms with van der Waals surface area (Å²) in [6, 6.07) is 5.34. The third-order valence-electron chi connectivity index (χ3n) is 8.01. The maximum atomic E-state index is 13.8. The summed E-state index contributed by atoms with van der Waals surface area (Å²) in [7, 11) is 1.57. The Hall–Kier alpha value is -3.44. The molecule has 1 aromatic carbocycles. The first-order valence-corrected chi connectivity index (χ1v) is 15.3. The van der Waals surface area contributed by atoms with Gasteiger partial charge in [-0.15, -0.1) is 11.3 Å². The molecule has 1 aliphatic carbocycles. The van der Waals surface area contributed by atoms with Crippen LogP contribution in [-0.4, -0.2) is 59.2 Å². The lowest BCUT2D eigenvalue weighted by atomic mass is 9.84. The summed E-state index contributed by atoms with van der Waals surface area (Å²) in [5, 5.41) is 11.3. The zero-order valence-corrected chi connectivity index (χ0v) is 24.4. The maximum Gasteiger partial charge on any atom is 0.268 e. The molecule has 3 amide bonds. The molecule has 1 aliphatic heterocycles. The first-order chi connectivity index (χ1) is 19.8. The molecule has 0 spiro atoms. The lowest BCUT2D eigenvalue weighted by molar-refractivity contribution is -0.125.